The Bertz CT molecular complexity index is 929. The van der Waals surface area contributed by atoms with Gasteiger partial charge in [-0.15, -0.1) is 0 Å². The minimum absolute atomic E-state index is 0.0728. The van der Waals surface area contributed by atoms with Crippen molar-refractivity contribution in [3.63, 3.8) is 0 Å². The topological polar surface area (TPSA) is 66.7 Å². The number of nitrogens with zero attached hydrogens (tertiary/aromatic N) is 3. The molecular weight excluding hydrogens is 375 g/mol. The Morgan fingerprint density at radius 2 is 1.79 bits per heavy atom. The van der Waals surface area contributed by atoms with Crippen LogP contribution in [0.4, 0.5) is 24.5 Å². The summed E-state index contributed by atoms with van der Waals surface area (Å²) in [6, 6.07) is 10.7. The van der Waals surface area contributed by atoms with Gasteiger partial charge in [-0.05, 0) is 30.7 Å². The second-order valence-electron chi connectivity index (χ2n) is 6.31. The number of carbonyl (C=O) groups is 1. The second kappa shape index (κ2) is 7.34. The molecule has 0 aromatic heterocycles. The van der Waals surface area contributed by atoms with Crippen LogP contribution in [-0.2, 0) is 11.0 Å². The molecule has 1 aliphatic heterocycles. The highest BCUT2D eigenvalue weighted by atomic mass is 19.4. The van der Waals surface area contributed by atoms with E-state index in [-0.39, 0.29) is 18.0 Å². The molecule has 0 N–H and O–H groups in total. The van der Waals surface area contributed by atoms with Crippen LogP contribution in [0.2, 0.25) is 0 Å². The molecule has 1 aliphatic rings. The molecule has 0 radical (unpaired) electrons. The Balaban J connectivity index is 1.90. The van der Waals surface area contributed by atoms with Crippen molar-refractivity contribution < 1.29 is 22.9 Å². The normalized spacial score (nSPS) is 15.6. The number of halogens is 3. The third kappa shape index (κ3) is 3.98. The maximum Gasteiger partial charge on any atom is 0.416 e. The molecule has 0 fully saturated rings. The molecule has 0 unspecified atom stereocenters. The minimum Gasteiger partial charge on any atom is -0.360 e. The number of hydrogen-bond acceptors (Lipinski definition) is 4. The van der Waals surface area contributed by atoms with Gasteiger partial charge in [-0.3, -0.25) is 19.8 Å². The lowest BCUT2D eigenvalue weighted by Crippen LogP contribution is -2.41. The first-order valence-electron chi connectivity index (χ1n) is 8.34. The van der Waals surface area contributed by atoms with E-state index in [4.69, 9.17) is 0 Å². The molecule has 2 aromatic carbocycles. The summed E-state index contributed by atoms with van der Waals surface area (Å²) < 4.78 is 39.3. The van der Waals surface area contributed by atoms with Crippen LogP contribution in [-0.4, -0.2) is 22.3 Å². The van der Waals surface area contributed by atoms with Crippen LogP contribution in [0.3, 0.4) is 0 Å². The van der Waals surface area contributed by atoms with Crippen molar-refractivity contribution in [1.82, 2.24) is 4.90 Å². The molecule has 1 amide bonds. The summed E-state index contributed by atoms with van der Waals surface area (Å²) in [5.41, 5.74) is -0.963. The summed E-state index contributed by atoms with van der Waals surface area (Å²) in [5.74, 6) is -0.262. The third-order valence-corrected chi connectivity index (χ3v) is 4.49. The molecule has 0 spiro atoms. The number of nitro groups is 1. The number of non-ortho nitro benzene ring substituents is 1. The van der Waals surface area contributed by atoms with E-state index in [1.807, 2.05) is 6.07 Å². The van der Waals surface area contributed by atoms with E-state index in [2.05, 4.69) is 0 Å². The van der Waals surface area contributed by atoms with Crippen molar-refractivity contribution in [2.75, 3.05) is 11.4 Å². The van der Waals surface area contributed by atoms with E-state index < -0.39 is 28.4 Å². The number of nitro benzene ring substituents is 1. The average Bonchev–Trinajstić information content (AvgIpc) is 2.67. The van der Waals surface area contributed by atoms with Gasteiger partial charge in [0.05, 0.1) is 23.1 Å². The molecule has 0 saturated heterocycles. The summed E-state index contributed by atoms with van der Waals surface area (Å²) >= 11 is 0. The maximum absolute atomic E-state index is 13.1. The Kier molecular flexibility index (Phi) is 5.08. The molecule has 6 nitrogen and oxygen atoms in total. The van der Waals surface area contributed by atoms with Gasteiger partial charge >= 0.3 is 6.18 Å². The fourth-order valence-electron chi connectivity index (χ4n) is 2.94. The Morgan fingerprint density at radius 1 is 1.11 bits per heavy atom. The van der Waals surface area contributed by atoms with E-state index in [9.17, 15) is 28.1 Å². The maximum atomic E-state index is 13.1. The molecule has 3 rings (SSSR count). The molecule has 2 aromatic rings. The number of para-hydroxylation sites is 1. The molecule has 9 heteroatoms. The average molecular weight is 391 g/mol. The van der Waals surface area contributed by atoms with Crippen LogP contribution >= 0.6 is 0 Å². The van der Waals surface area contributed by atoms with E-state index in [0.717, 1.165) is 12.1 Å². The number of carbonyl (C=O) groups excluding carboxylic acids is 1. The van der Waals surface area contributed by atoms with E-state index in [1.54, 1.807) is 42.3 Å². The predicted octanol–water partition coefficient (Wildman–Crippen LogP) is 4.49. The Morgan fingerprint density at radius 3 is 2.36 bits per heavy atom. The van der Waals surface area contributed by atoms with Crippen LogP contribution in [0.15, 0.2) is 60.9 Å². The van der Waals surface area contributed by atoms with Crippen molar-refractivity contribution in [1.29, 1.82) is 0 Å². The second-order valence-corrected chi connectivity index (χ2v) is 6.31. The third-order valence-electron chi connectivity index (χ3n) is 4.49. The summed E-state index contributed by atoms with van der Waals surface area (Å²) in [7, 11) is 0. The minimum atomic E-state index is -4.71. The van der Waals surface area contributed by atoms with Crippen molar-refractivity contribution in [3.05, 3.63) is 82.2 Å². The van der Waals surface area contributed by atoms with Crippen LogP contribution in [0, 0.1) is 10.1 Å². The molecule has 0 aliphatic carbocycles. The van der Waals surface area contributed by atoms with Crippen molar-refractivity contribution in [2.24, 2.45) is 0 Å². The zero-order valence-electron chi connectivity index (χ0n) is 14.8. The van der Waals surface area contributed by atoms with Crippen LogP contribution in [0.25, 0.3) is 0 Å². The Labute approximate surface area is 158 Å². The standard InChI is InChI=1S/C19H16F3N3O3/c1-13(14-9-15(19(20,21)22)11-17(10-14)25(27)28)23-7-8-24(18(26)12-23)16-5-3-2-4-6-16/h2-11,13H,12H2,1H3/t13-/m1/s1. The lowest BCUT2D eigenvalue weighted by Gasteiger charge is -2.34. The first-order chi connectivity index (χ1) is 13.2. The largest absolute Gasteiger partial charge is 0.416 e. The first kappa shape index (κ1) is 19.4. The van der Waals surface area contributed by atoms with E-state index >= 15 is 0 Å². The van der Waals surface area contributed by atoms with E-state index in [0.29, 0.717) is 11.8 Å². The van der Waals surface area contributed by atoms with E-state index in [1.165, 1.54) is 11.1 Å². The van der Waals surface area contributed by atoms with Gasteiger partial charge in [-0.2, -0.15) is 13.2 Å². The molecule has 146 valence electrons. The summed E-state index contributed by atoms with van der Waals surface area (Å²) in [6.07, 6.45) is -1.59. The van der Waals surface area contributed by atoms with Crippen molar-refractivity contribution in [2.45, 2.75) is 19.1 Å². The fraction of sp³-hybridized carbons (Fsp3) is 0.211. The first-order valence-corrected chi connectivity index (χ1v) is 8.34. The van der Waals surface area contributed by atoms with Gasteiger partial charge in [0.15, 0.2) is 0 Å². The number of alkyl halides is 3. The molecule has 0 saturated carbocycles. The number of rotatable bonds is 4. The highest BCUT2D eigenvalue weighted by Crippen LogP contribution is 2.35. The summed E-state index contributed by atoms with van der Waals surface area (Å²) in [6.45, 7) is 1.52. The monoisotopic (exact) mass is 391 g/mol. The molecular formula is C19H16F3N3O3. The van der Waals surface area contributed by atoms with Gasteiger partial charge in [-0.25, -0.2) is 0 Å². The van der Waals surface area contributed by atoms with Gasteiger partial charge in [0.1, 0.15) is 0 Å². The highest BCUT2D eigenvalue weighted by Gasteiger charge is 2.34. The number of hydrogen-bond donors (Lipinski definition) is 0. The Hall–Kier alpha value is -3.36. The van der Waals surface area contributed by atoms with Crippen LogP contribution in [0.5, 0.6) is 0 Å². The zero-order valence-corrected chi connectivity index (χ0v) is 14.8. The fourth-order valence-corrected chi connectivity index (χ4v) is 2.94. The predicted molar refractivity (Wildman–Crippen MR) is 96.3 cm³/mol. The number of anilines is 1. The zero-order chi connectivity index (χ0) is 20.5. The molecule has 1 heterocycles. The van der Waals surface area contributed by atoms with Crippen LogP contribution in [0.1, 0.15) is 24.1 Å². The molecule has 28 heavy (non-hydrogen) atoms. The van der Waals surface area contributed by atoms with Gasteiger partial charge < -0.3 is 4.90 Å². The van der Waals surface area contributed by atoms with Crippen molar-refractivity contribution >= 4 is 17.3 Å². The van der Waals surface area contributed by atoms with Gasteiger partial charge in [-0.1, -0.05) is 18.2 Å². The van der Waals surface area contributed by atoms with Crippen LogP contribution < -0.4 is 4.90 Å². The smallest absolute Gasteiger partial charge is 0.360 e. The quantitative estimate of drug-likeness (QED) is 0.569. The van der Waals surface area contributed by atoms with Gasteiger partial charge in [0, 0.05) is 30.2 Å². The van der Waals surface area contributed by atoms with Crippen molar-refractivity contribution in [3.8, 4) is 0 Å². The molecule has 1 atom stereocenters. The molecule has 0 bridgehead atoms. The SMILES string of the molecule is C[C@H](c1cc([N+](=O)[O-])cc(C(F)(F)F)c1)N1C=CN(c2ccccc2)C(=O)C1. The number of benzene rings is 2. The van der Waals surface area contributed by atoms with Gasteiger partial charge in [0.25, 0.3) is 11.6 Å². The van der Waals surface area contributed by atoms with Gasteiger partial charge in [0.2, 0.25) is 0 Å². The highest BCUT2D eigenvalue weighted by molar-refractivity contribution is 5.97. The lowest BCUT2D eigenvalue weighted by atomic mass is 10.0. The number of amides is 1. The summed E-state index contributed by atoms with van der Waals surface area (Å²) in [5, 5.41) is 11.0. The lowest BCUT2D eigenvalue weighted by molar-refractivity contribution is -0.385. The summed E-state index contributed by atoms with van der Waals surface area (Å²) in [4.78, 5) is 25.6.